The first kappa shape index (κ1) is 20.6. The summed E-state index contributed by atoms with van der Waals surface area (Å²) in [5.74, 6) is -0.964. The van der Waals surface area contributed by atoms with Gasteiger partial charge in [0.25, 0.3) is 5.91 Å². The monoisotopic (exact) mass is 420 g/mol. The molecule has 2 aliphatic heterocycles. The van der Waals surface area contributed by atoms with Crippen molar-refractivity contribution in [3.63, 3.8) is 0 Å². The van der Waals surface area contributed by atoms with Gasteiger partial charge in [-0.25, -0.2) is 4.79 Å². The maximum Gasteiger partial charge on any atom is 0.319 e. The number of nitrogens with one attached hydrogen (secondary N) is 3. The van der Waals surface area contributed by atoms with Crippen LogP contribution in [0.3, 0.4) is 0 Å². The Bertz CT molecular complexity index is 1070. The van der Waals surface area contributed by atoms with Crippen LogP contribution >= 0.6 is 0 Å². The van der Waals surface area contributed by atoms with Gasteiger partial charge in [0.05, 0.1) is 0 Å². The van der Waals surface area contributed by atoms with E-state index in [-0.39, 0.29) is 30.8 Å². The average molecular weight is 420 g/mol. The summed E-state index contributed by atoms with van der Waals surface area (Å²) in [6.45, 7) is 2.65. The Labute approximate surface area is 180 Å². The van der Waals surface area contributed by atoms with Crippen molar-refractivity contribution in [2.75, 3.05) is 5.32 Å². The van der Waals surface area contributed by atoms with E-state index in [1.54, 1.807) is 6.07 Å². The van der Waals surface area contributed by atoms with Crippen LogP contribution in [-0.4, -0.2) is 34.7 Å². The van der Waals surface area contributed by atoms with Gasteiger partial charge in [0.1, 0.15) is 6.04 Å². The van der Waals surface area contributed by atoms with Crippen LogP contribution in [0.4, 0.5) is 10.5 Å². The van der Waals surface area contributed by atoms with E-state index in [0.717, 1.165) is 28.8 Å². The minimum Gasteiger partial charge on any atom is -0.334 e. The van der Waals surface area contributed by atoms with Crippen molar-refractivity contribution in [3.05, 3.63) is 64.7 Å². The molecule has 4 rings (SSSR count). The minimum atomic E-state index is -0.635. The van der Waals surface area contributed by atoms with Gasteiger partial charge in [0.2, 0.25) is 11.8 Å². The molecule has 3 N–H and O–H groups in total. The Morgan fingerprint density at radius 3 is 2.74 bits per heavy atom. The van der Waals surface area contributed by atoms with Gasteiger partial charge in [-0.1, -0.05) is 31.2 Å². The lowest BCUT2D eigenvalue weighted by Gasteiger charge is -2.29. The molecule has 2 heterocycles. The Hall–Kier alpha value is -3.68. The maximum atomic E-state index is 12.9. The lowest BCUT2D eigenvalue weighted by molar-refractivity contribution is -0.136. The number of fused-ring (bicyclic) bond motifs is 1. The molecule has 0 bridgehead atoms. The topological polar surface area (TPSA) is 108 Å². The van der Waals surface area contributed by atoms with Crippen molar-refractivity contribution >= 4 is 29.4 Å². The molecule has 0 spiro atoms. The van der Waals surface area contributed by atoms with Crippen molar-refractivity contribution in [1.82, 2.24) is 15.5 Å². The molecule has 0 aliphatic carbocycles. The molecule has 1 atom stereocenters. The number of hydrogen-bond donors (Lipinski definition) is 3. The molecule has 5 amide bonds. The lowest BCUT2D eigenvalue weighted by Crippen LogP contribution is -2.52. The number of piperidine rings is 1. The van der Waals surface area contributed by atoms with Crippen molar-refractivity contribution in [2.24, 2.45) is 0 Å². The number of rotatable bonds is 5. The number of amides is 5. The number of anilines is 1. The first-order valence-electron chi connectivity index (χ1n) is 10.3. The molecule has 1 saturated heterocycles. The normalized spacial score (nSPS) is 17.9. The van der Waals surface area contributed by atoms with Gasteiger partial charge in [0.15, 0.2) is 0 Å². The number of imide groups is 1. The smallest absolute Gasteiger partial charge is 0.319 e. The van der Waals surface area contributed by atoms with E-state index < -0.39 is 11.9 Å². The van der Waals surface area contributed by atoms with E-state index >= 15 is 0 Å². The molecule has 8 nitrogen and oxygen atoms in total. The first-order valence-corrected chi connectivity index (χ1v) is 10.3. The zero-order chi connectivity index (χ0) is 22.0. The first-order chi connectivity index (χ1) is 14.9. The second-order valence-electron chi connectivity index (χ2n) is 7.75. The molecule has 0 radical (unpaired) electrons. The Balaban J connectivity index is 1.38. The molecule has 0 saturated carbocycles. The van der Waals surface area contributed by atoms with E-state index in [2.05, 4.69) is 22.9 Å². The maximum absolute atomic E-state index is 12.9. The summed E-state index contributed by atoms with van der Waals surface area (Å²) < 4.78 is 0. The van der Waals surface area contributed by atoms with Crippen LogP contribution in [0.2, 0.25) is 0 Å². The van der Waals surface area contributed by atoms with Gasteiger partial charge in [0, 0.05) is 30.8 Å². The SMILES string of the molecule is CCc1cccc(NC(=O)NCc2ccc3c(c2)C(=O)N(C2CCC(=O)NC2=O)C3)c1. The van der Waals surface area contributed by atoms with Crippen LogP contribution in [0.15, 0.2) is 42.5 Å². The Kier molecular flexibility index (Phi) is 5.70. The van der Waals surface area contributed by atoms with Crippen molar-refractivity contribution in [3.8, 4) is 0 Å². The summed E-state index contributed by atoms with van der Waals surface area (Å²) in [4.78, 5) is 50.1. The molecule has 1 fully saturated rings. The Morgan fingerprint density at radius 2 is 1.97 bits per heavy atom. The van der Waals surface area contributed by atoms with E-state index in [1.807, 2.05) is 36.4 Å². The molecular formula is C23H24N4O4. The summed E-state index contributed by atoms with van der Waals surface area (Å²) >= 11 is 0. The van der Waals surface area contributed by atoms with Crippen LogP contribution in [-0.2, 0) is 29.1 Å². The molecule has 2 aromatic rings. The highest BCUT2D eigenvalue weighted by molar-refractivity contribution is 6.05. The van der Waals surface area contributed by atoms with Crippen LogP contribution in [0.1, 0.15) is 46.8 Å². The number of benzene rings is 2. The van der Waals surface area contributed by atoms with Gasteiger partial charge in [-0.2, -0.15) is 0 Å². The highest BCUT2D eigenvalue weighted by Gasteiger charge is 2.39. The highest BCUT2D eigenvalue weighted by atomic mass is 16.2. The second kappa shape index (κ2) is 8.59. The molecule has 2 aliphatic rings. The third kappa shape index (κ3) is 4.42. The standard InChI is InChI=1S/C23H24N4O4/c1-2-14-4-3-5-17(10-14)25-23(31)24-12-15-6-7-16-13-27(22(30)18(16)11-15)19-8-9-20(28)26-21(19)29/h3-7,10-11,19H,2,8-9,12-13H2,1H3,(H2,24,25,31)(H,26,28,29). The summed E-state index contributed by atoms with van der Waals surface area (Å²) in [5, 5.41) is 7.91. The molecule has 1 unspecified atom stereocenters. The van der Waals surface area contributed by atoms with Gasteiger partial charge in [-0.15, -0.1) is 0 Å². The minimum absolute atomic E-state index is 0.224. The predicted octanol–water partition coefficient (Wildman–Crippen LogP) is 2.33. The van der Waals surface area contributed by atoms with Crippen molar-refractivity contribution < 1.29 is 19.2 Å². The predicted molar refractivity (Wildman–Crippen MR) is 114 cm³/mol. The van der Waals surface area contributed by atoms with Crippen LogP contribution < -0.4 is 16.0 Å². The van der Waals surface area contributed by atoms with Crippen molar-refractivity contribution in [1.29, 1.82) is 0 Å². The van der Waals surface area contributed by atoms with E-state index in [4.69, 9.17) is 0 Å². The zero-order valence-corrected chi connectivity index (χ0v) is 17.2. The number of urea groups is 1. The van der Waals surface area contributed by atoms with Gasteiger partial charge in [-0.05, 0) is 47.7 Å². The van der Waals surface area contributed by atoms with E-state index in [0.29, 0.717) is 18.5 Å². The molecule has 0 aromatic heterocycles. The molecule has 8 heteroatoms. The molecule has 160 valence electrons. The highest BCUT2D eigenvalue weighted by Crippen LogP contribution is 2.28. The number of carbonyl (C=O) groups excluding carboxylic acids is 4. The number of carbonyl (C=O) groups is 4. The fourth-order valence-corrected chi connectivity index (χ4v) is 3.94. The third-order valence-electron chi connectivity index (χ3n) is 5.64. The molecule has 31 heavy (non-hydrogen) atoms. The summed E-state index contributed by atoms with van der Waals surface area (Å²) in [6.07, 6.45) is 1.44. The molecular weight excluding hydrogens is 396 g/mol. The van der Waals surface area contributed by atoms with Crippen LogP contribution in [0.5, 0.6) is 0 Å². The fourth-order valence-electron chi connectivity index (χ4n) is 3.94. The van der Waals surface area contributed by atoms with E-state index in [9.17, 15) is 19.2 Å². The average Bonchev–Trinajstić information content (AvgIpc) is 3.08. The van der Waals surface area contributed by atoms with Gasteiger partial charge >= 0.3 is 6.03 Å². The number of hydrogen-bond acceptors (Lipinski definition) is 4. The largest absolute Gasteiger partial charge is 0.334 e. The molecule has 2 aromatic carbocycles. The third-order valence-corrected chi connectivity index (χ3v) is 5.64. The van der Waals surface area contributed by atoms with Gasteiger partial charge in [-0.3, -0.25) is 19.7 Å². The summed E-state index contributed by atoms with van der Waals surface area (Å²) in [5.41, 5.74) is 4.00. The lowest BCUT2D eigenvalue weighted by atomic mass is 10.0. The second-order valence-corrected chi connectivity index (χ2v) is 7.75. The Morgan fingerprint density at radius 1 is 1.13 bits per heavy atom. The summed E-state index contributed by atoms with van der Waals surface area (Å²) in [6, 6.07) is 12.2. The summed E-state index contributed by atoms with van der Waals surface area (Å²) in [7, 11) is 0. The van der Waals surface area contributed by atoms with Crippen LogP contribution in [0, 0.1) is 0 Å². The van der Waals surface area contributed by atoms with Crippen LogP contribution in [0.25, 0.3) is 0 Å². The van der Waals surface area contributed by atoms with Gasteiger partial charge < -0.3 is 15.5 Å². The van der Waals surface area contributed by atoms with Crippen molar-refractivity contribution in [2.45, 2.75) is 45.3 Å². The van der Waals surface area contributed by atoms with E-state index in [1.165, 1.54) is 4.90 Å². The number of nitrogens with zero attached hydrogens (tertiary/aromatic N) is 1. The number of aryl methyl sites for hydroxylation is 1. The quantitative estimate of drug-likeness (QED) is 0.645. The zero-order valence-electron chi connectivity index (χ0n) is 17.2. The fraction of sp³-hybridized carbons (Fsp3) is 0.304.